The average Bonchev–Trinajstić information content (AvgIpc) is 2.48. The Balaban J connectivity index is 2.17. The molecule has 122 valence electrons. The molecule has 0 aromatic heterocycles. The SMILES string of the molecule is CCCCOc1ccc(SCCCOC(=O)C=C(C)N)cc1. The van der Waals surface area contributed by atoms with Gasteiger partial charge in [0, 0.05) is 22.4 Å². The summed E-state index contributed by atoms with van der Waals surface area (Å²) in [6.45, 7) is 4.99. The van der Waals surface area contributed by atoms with Crippen LogP contribution in [-0.4, -0.2) is 24.9 Å². The molecule has 0 aliphatic rings. The Hall–Kier alpha value is -1.62. The quantitative estimate of drug-likeness (QED) is 0.307. The molecule has 0 atom stereocenters. The molecule has 0 aliphatic heterocycles. The second kappa shape index (κ2) is 11.0. The first-order chi connectivity index (χ1) is 10.6. The number of ether oxygens (including phenoxy) is 2. The van der Waals surface area contributed by atoms with Crippen molar-refractivity contribution in [1.29, 1.82) is 0 Å². The summed E-state index contributed by atoms with van der Waals surface area (Å²) in [6, 6.07) is 8.09. The highest BCUT2D eigenvalue weighted by Crippen LogP contribution is 2.22. The van der Waals surface area contributed by atoms with Crippen molar-refractivity contribution in [2.75, 3.05) is 19.0 Å². The van der Waals surface area contributed by atoms with Gasteiger partial charge in [0.05, 0.1) is 13.2 Å². The summed E-state index contributed by atoms with van der Waals surface area (Å²) >= 11 is 1.74. The van der Waals surface area contributed by atoms with Crippen LogP contribution in [0, 0.1) is 0 Å². The lowest BCUT2D eigenvalue weighted by Crippen LogP contribution is -2.06. The van der Waals surface area contributed by atoms with E-state index in [-0.39, 0.29) is 5.97 Å². The van der Waals surface area contributed by atoms with Gasteiger partial charge in [0.15, 0.2) is 0 Å². The van der Waals surface area contributed by atoms with Gasteiger partial charge in [0.2, 0.25) is 0 Å². The highest BCUT2D eigenvalue weighted by molar-refractivity contribution is 7.99. The van der Waals surface area contributed by atoms with Crippen molar-refractivity contribution in [1.82, 2.24) is 0 Å². The molecule has 1 aromatic carbocycles. The van der Waals surface area contributed by atoms with Gasteiger partial charge in [-0.2, -0.15) is 0 Å². The van der Waals surface area contributed by atoms with Crippen LogP contribution in [-0.2, 0) is 9.53 Å². The van der Waals surface area contributed by atoms with Gasteiger partial charge in [0.25, 0.3) is 0 Å². The number of benzene rings is 1. The van der Waals surface area contributed by atoms with Gasteiger partial charge in [-0.3, -0.25) is 0 Å². The summed E-state index contributed by atoms with van der Waals surface area (Å²) in [5.74, 6) is 1.43. The highest BCUT2D eigenvalue weighted by atomic mass is 32.2. The van der Waals surface area contributed by atoms with Crippen LogP contribution in [0.4, 0.5) is 0 Å². The van der Waals surface area contributed by atoms with Crippen LogP contribution >= 0.6 is 11.8 Å². The third kappa shape index (κ3) is 8.62. The van der Waals surface area contributed by atoms with E-state index in [1.165, 1.54) is 11.0 Å². The third-order valence-corrected chi connectivity index (χ3v) is 3.84. The predicted molar refractivity (Wildman–Crippen MR) is 91.1 cm³/mol. The van der Waals surface area contributed by atoms with Crippen molar-refractivity contribution in [3.05, 3.63) is 36.0 Å². The van der Waals surface area contributed by atoms with Crippen molar-refractivity contribution in [3.63, 3.8) is 0 Å². The number of carbonyl (C=O) groups is 1. The van der Waals surface area contributed by atoms with Crippen molar-refractivity contribution >= 4 is 17.7 Å². The van der Waals surface area contributed by atoms with Gasteiger partial charge in [-0.25, -0.2) is 4.79 Å². The zero-order valence-corrected chi connectivity index (χ0v) is 14.2. The number of hydrogen-bond donors (Lipinski definition) is 1. The van der Waals surface area contributed by atoms with Crippen LogP contribution in [0.15, 0.2) is 40.9 Å². The first-order valence-corrected chi connectivity index (χ1v) is 8.56. The maximum Gasteiger partial charge on any atom is 0.332 e. The molecule has 1 rings (SSSR count). The molecule has 0 amide bonds. The van der Waals surface area contributed by atoms with E-state index in [0.29, 0.717) is 12.3 Å². The van der Waals surface area contributed by atoms with Gasteiger partial charge in [-0.15, -0.1) is 11.8 Å². The van der Waals surface area contributed by atoms with Crippen molar-refractivity contribution < 1.29 is 14.3 Å². The summed E-state index contributed by atoms with van der Waals surface area (Å²) in [6.07, 6.45) is 4.32. The topological polar surface area (TPSA) is 61.5 Å². The van der Waals surface area contributed by atoms with E-state index in [1.54, 1.807) is 18.7 Å². The van der Waals surface area contributed by atoms with Crippen LogP contribution in [0.2, 0.25) is 0 Å². The molecule has 0 unspecified atom stereocenters. The van der Waals surface area contributed by atoms with Crippen molar-refractivity contribution in [3.8, 4) is 5.75 Å². The minimum atomic E-state index is -0.376. The minimum Gasteiger partial charge on any atom is -0.494 e. The lowest BCUT2D eigenvalue weighted by molar-refractivity contribution is -0.137. The van der Waals surface area contributed by atoms with Gasteiger partial charge < -0.3 is 15.2 Å². The summed E-state index contributed by atoms with van der Waals surface area (Å²) in [4.78, 5) is 12.4. The second-order valence-corrected chi connectivity index (χ2v) is 6.10. The Bertz CT molecular complexity index is 467. The summed E-state index contributed by atoms with van der Waals surface area (Å²) in [5.41, 5.74) is 5.86. The lowest BCUT2D eigenvalue weighted by atomic mass is 10.3. The van der Waals surface area contributed by atoms with Gasteiger partial charge in [0.1, 0.15) is 5.75 Å². The number of rotatable bonds is 10. The molecule has 0 aliphatic carbocycles. The fourth-order valence-electron chi connectivity index (χ4n) is 1.62. The fourth-order valence-corrected chi connectivity index (χ4v) is 2.44. The molecular weight excluding hydrogens is 298 g/mol. The zero-order chi connectivity index (χ0) is 16.2. The molecule has 0 fully saturated rings. The molecule has 0 saturated carbocycles. The number of thioether (sulfide) groups is 1. The molecule has 5 heteroatoms. The lowest BCUT2D eigenvalue weighted by Gasteiger charge is -2.06. The Morgan fingerprint density at radius 1 is 1.23 bits per heavy atom. The molecular formula is C17H25NO3S. The predicted octanol–water partition coefficient (Wildman–Crippen LogP) is 3.75. The molecule has 0 heterocycles. The fraction of sp³-hybridized carbons (Fsp3) is 0.471. The first kappa shape index (κ1) is 18.4. The number of nitrogens with two attached hydrogens (primary N) is 1. The highest BCUT2D eigenvalue weighted by Gasteiger charge is 2.00. The molecule has 0 saturated heterocycles. The van der Waals surface area contributed by atoms with Gasteiger partial charge in [-0.05, 0) is 44.0 Å². The van der Waals surface area contributed by atoms with Gasteiger partial charge >= 0.3 is 5.97 Å². The summed E-state index contributed by atoms with van der Waals surface area (Å²) in [7, 11) is 0. The molecule has 0 spiro atoms. The molecule has 1 aromatic rings. The largest absolute Gasteiger partial charge is 0.494 e. The Morgan fingerprint density at radius 3 is 2.59 bits per heavy atom. The zero-order valence-electron chi connectivity index (χ0n) is 13.3. The van der Waals surface area contributed by atoms with Crippen LogP contribution in [0.1, 0.15) is 33.1 Å². The number of allylic oxidation sites excluding steroid dienone is 1. The number of unbranched alkanes of at least 4 members (excludes halogenated alkanes) is 1. The normalized spacial score (nSPS) is 11.3. The maximum absolute atomic E-state index is 11.2. The van der Waals surface area contributed by atoms with E-state index >= 15 is 0 Å². The van der Waals surface area contributed by atoms with Crippen LogP contribution in [0.3, 0.4) is 0 Å². The molecule has 0 bridgehead atoms. The molecule has 4 nitrogen and oxygen atoms in total. The van der Waals surface area contributed by atoms with E-state index in [0.717, 1.165) is 37.4 Å². The maximum atomic E-state index is 11.2. The van der Waals surface area contributed by atoms with E-state index in [1.807, 2.05) is 12.1 Å². The molecule has 2 N–H and O–H groups in total. The Labute approximate surface area is 137 Å². The minimum absolute atomic E-state index is 0.376. The number of carbonyl (C=O) groups excluding carboxylic acids is 1. The average molecular weight is 323 g/mol. The van der Waals surface area contributed by atoms with E-state index in [9.17, 15) is 4.79 Å². The Kier molecular flexibility index (Phi) is 9.23. The number of hydrogen-bond acceptors (Lipinski definition) is 5. The van der Waals surface area contributed by atoms with Crippen LogP contribution in [0.5, 0.6) is 5.75 Å². The first-order valence-electron chi connectivity index (χ1n) is 7.58. The Morgan fingerprint density at radius 2 is 1.95 bits per heavy atom. The van der Waals surface area contributed by atoms with Crippen LogP contribution < -0.4 is 10.5 Å². The molecule has 0 radical (unpaired) electrons. The van der Waals surface area contributed by atoms with E-state index in [4.69, 9.17) is 15.2 Å². The van der Waals surface area contributed by atoms with Crippen LogP contribution in [0.25, 0.3) is 0 Å². The standard InChI is InChI=1S/C17H25NO3S/c1-3-4-10-20-15-6-8-16(9-7-15)22-12-5-11-21-17(19)13-14(2)18/h6-9,13H,3-5,10-12,18H2,1-2H3. The summed E-state index contributed by atoms with van der Waals surface area (Å²) in [5, 5.41) is 0. The smallest absolute Gasteiger partial charge is 0.332 e. The number of esters is 1. The van der Waals surface area contributed by atoms with Crippen molar-refractivity contribution in [2.45, 2.75) is 38.0 Å². The van der Waals surface area contributed by atoms with E-state index < -0.39 is 0 Å². The van der Waals surface area contributed by atoms with Crippen molar-refractivity contribution in [2.24, 2.45) is 5.73 Å². The second-order valence-electron chi connectivity index (χ2n) is 4.93. The molecule has 22 heavy (non-hydrogen) atoms. The third-order valence-electron chi connectivity index (χ3n) is 2.74. The monoisotopic (exact) mass is 323 g/mol. The van der Waals surface area contributed by atoms with Gasteiger partial charge in [-0.1, -0.05) is 13.3 Å². The van der Waals surface area contributed by atoms with E-state index in [2.05, 4.69) is 19.1 Å². The summed E-state index contributed by atoms with van der Waals surface area (Å²) < 4.78 is 10.7.